The lowest BCUT2D eigenvalue weighted by molar-refractivity contribution is -0.0889. The van der Waals surface area contributed by atoms with Crippen LogP contribution in [0.2, 0.25) is 0 Å². The number of esters is 1. The van der Waals surface area contributed by atoms with E-state index in [0.717, 1.165) is 31.6 Å². The van der Waals surface area contributed by atoms with Crippen molar-refractivity contribution in [3.8, 4) is 0 Å². The maximum Gasteiger partial charge on any atom is 0.338 e. The molecule has 2 fully saturated rings. The van der Waals surface area contributed by atoms with Crippen LogP contribution in [-0.2, 0) is 14.2 Å². The molecule has 0 spiro atoms. The number of aldehydes is 1. The lowest BCUT2D eigenvalue weighted by atomic mass is 9.95. The second-order valence-electron chi connectivity index (χ2n) is 5.82. The fourth-order valence-electron chi connectivity index (χ4n) is 3.22. The number of anilines is 1. The van der Waals surface area contributed by atoms with Gasteiger partial charge in [-0.1, -0.05) is 0 Å². The third-order valence-corrected chi connectivity index (χ3v) is 4.50. The quantitative estimate of drug-likeness (QED) is 0.623. The van der Waals surface area contributed by atoms with Crippen molar-refractivity contribution in [2.45, 2.75) is 19.1 Å². The van der Waals surface area contributed by atoms with E-state index in [9.17, 15) is 9.59 Å². The van der Waals surface area contributed by atoms with E-state index < -0.39 is 5.97 Å². The Morgan fingerprint density at radius 2 is 1.96 bits per heavy atom. The average molecular weight is 319 g/mol. The molecule has 2 aliphatic rings. The summed E-state index contributed by atoms with van der Waals surface area (Å²) in [5.41, 5.74) is 1.61. The van der Waals surface area contributed by atoms with E-state index in [-0.39, 0.29) is 6.29 Å². The van der Waals surface area contributed by atoms with Gasteiger partial charge >= 0.3 is 5.97 Å². The van der Waals surface area contributed by atoms with Gasteiger partial charge in [-0.05, 0) is 31.0 Å². The Labute approximate surface area is 135 Å². The van der Waals surface area contributed by atoms with Crippen LogP contribution >= 0.6 is 0 Å². The van der Waals surface area contributed by atoms with E-state index in [4.69, 9.17) is 14.2 Å². The van der Waals surface area contributed by atoms with Gasteiger partial charge in [-0.25, -0.2) is 4.79 Å². The molecule has 0 unspecified atom stereocenters. The van der Waals surface area contributed by atoms with Gasteiger partial charge in [0.15, 0.2) is 12.6 Å². The van der Waals surface area contributed by atoms with Gasteiger partial charge in [-0.3, -0.25) is 4.79 Å². The molecule has 1 aromatic rings. The fraction of sp³-hybridized carbons (Fsp3) is 0.529. The Bertz CT molecular complexity index is 574. The van der Waals surface area contributed by atoms with Gasteiger partial charge in [-0.2, -0.15) is 0 Å². The summed E-state index contributed by atoms with van der Waals surface area (Å²) in [4.78, 5) is 25.1. The van der Waals surface area contributed by atoms with Crippen LogP contribution in [-0.4, -0.2) is 52.0 Å². The Hall–Kier alpha value is -1.92. The summed E-state index contributed by atoms with van der Waals surface area (Å²) in [5.74, 6) is -0.0680. The summed E-state index contributed by atoms with van der Waals surface area (Å²) in [6, 6.07) is 5.27. The Kier molecular flexibility index (Phi) is 4.93. The molecule has 1 aromatic carbocycles. The Balaban J connectivity index is 1.68. The first-order valence-electron chi connectivity index (χ1n) is 7.88. The van der Waals surface area contributed by atoms with E-state index in [2.05, 4.69) is 4.90 Å². The maximum absolute atomic E-state index is 11.6. The molecule has 2 heterocycles. The smallest absolute Gasteiger partial charge is 0.338 e. The van der Waals surface area contributed by atoms with E-state index in [0.29, 0.717) is 36.5 Å². The molecule has 0 radical (unpaired) electrons. The van der Waals surface area contributed by atoms with Crippen LogP contribution in [0.4, 0.5) is 5.69 Å². The highest BCUT2D eigenvalue weighted by Gasteiger charge is 2.30. The molecule has 6 nitrogen and oxygen atoms in total. The zero-order valence-corrected chi connectivity index (χ0v) is 13.2. The standard InChI is InChI=1S/C17H21NO5/c1-21-16(20)15-3-2-14(10-13(15)11-19)18-6-4-12(5-7-18)17-22-8-9-23-17/h2-3,10-12,17H,4-9H2,1H3. The van der Waals surface area contributed by atoms with Crippen molar-refractivity contribution in [1.29, 1.82) is 0 Å². The lowest BCUT2D eigenvalue weighted by Gasteiger charge is -2.35. The van der Waals surface area contributed by atoms with E-state index in [1.54, 1.807) is 12.1 Å². The molecule has 23 heavy (non-hydrogen) atoms. The number of hydrogen-bond acceptors (Lipinski definition) is 6. The van der Waals surface area contributed by atoms with Gasteiger partial charge < -0.3 is 19.1 Å². The number of piperidine rings is 1. The fourth-order valence-corrected chi connectivity index (χ4v) is 3.22. The van der Waals surface area contributed by atoms with Gasteiger partial charge in [0, 0.05) is 30.3 Å². The van der Waals surface area contributed by atoms with Crippen molar-refractivity contribution < 1.29 is 23.8 Å². The number of carbonyl (C=O) groups is 2. The number of ether oxygens (including phenoxy) is 3. The average Bonchev–Trinajstić information content (AvgIpc) is 3.15. The molecular formula is C17H21NO5. The van der Waals surface area contributed by atoms with E-state index >= 15 is 0 Å². The van der Waals surface area contributed by atoms with Crippen molar-refractivity contribution in [1.82, 2.24) is 0 Å². The molecule has 2 saturated heterocycles. The summed E-state index contributed by atoms with van der Waals surface area (Å²) < 4.78 is 15.9. The zero-order valence-electron chi connectivity index (χ0n) is 13.2. The van der Waals surface area contributed by atoms with E-state index in [1.165, 1.54) is 7.11 Å². The number of carbonyl (C=O) groups excluding carboxylic acids is 2. The summed E-state index contributed by atoms with van der Waals surface area (Å²) in [6.45, 7) is 3.12. The molecule has 3 rings (SSSR count). The second-order valence-corrected chi connectivity index (χ2v) is 5.82. The summed E-state index contributed by atoms with van der Waals surface area (Å²) in [6.07, 6.45) is 2.60. The van der Waals surface area contributed by atoms with Gasteiger partial charge in [0.1, 0.15) is 0 Å². The van der Waals surface area contributed by atoms with Crippen LogP contribution in [0.25, 0.3) is 0 Å². The summed E-state index contributed by atoms with van der Waals surface area (Å²) in [7, 11) is 1.31. The van der Waals surface area contributed by atoms with Gasteiger partial charge in [0.05, 0.1) is 25.9 Å². The molecule has 0 bridgehead atoms. The monoisotopic (exact) mass is 319 g/mol. The molecule has 0 saturated carbocycles. The first-order chi connectivity index (χ1) is 11.2. The van der Waals surface area contributed by atoms with Crippen LogP contribution in [0, 0.1) is 5.92 Å². The second kappa shape index (κ2) is 7.10. The Morgan fingerprint density at radius 3 is 2.57 bits per heavy atom. The van der Waals surface area contributed by atoms with Crippen LogP contribution in [0.15, 0.2) is 18.2 Å². The number of hydrogen-bond donors (Lipinski definition) is 0. The third kappa shape index (κ3) is 3.38. The van der Waals surface area contributed by atoms with Crippen LogP contribution in [0.1, 0.15) is 33.6 Å². The molecule has 2 aliphatic heterocycles. The summed E-state index contributed by atoms with van der Waals surface area (Å²) >= 11 is 0. The highest BCUT2D eigenvalue weighted by Crippen LogP contribution is 2.29. The molecule has 124 valence electrons. The minimum absolute atomic E-state index is 0.0654. The van der Waals surface area contributed by atoms with Crippen molar-refractivity contribution in [3.63, 3.8) is 0 Å². The largest absolute Gasteiger partial charge is 0.465 e. The van der Waals surface area contributed by atoms with Crippen molar-refractivity contribution in [3.05, 3.63) is 29.3 Å². The number of rotatable bonds is 4. The maximum atomic E-state index is 11.6. The molecular weight excluding hydrogens is 298 g/mol. The van der Waals surface area contributed by atoms with Crippen molar-refractivity contribution >= 4 is 17.9 Å². The first-order valence-corrected chi connectivity index (χ1v) is 7.88. The number of methoxy groups -OCH3 is 1. The van der Waals surface area contributed by atoms with Crippen LogP contribution in [0.5, 0.6) is 0 Å². The zero-order chi connectivity index (χ0) is 16.2. The normalized spacial score (nSPS) is 19.8. The predicted octanol–water partition coefficient (Wildman–Crippen LogP) is 1.88. The highest BCUT2D eigenvalue weighted by molar-refractivity contribution is 5.99. The van der Waals surface area contributed by atoms with Gasteiger partial charge in [0.25, 0.3) is 0 Å². The van der Waals surface area contributed by atoms with Crippen LogP contribution in [0.3, 0.4) is 0 Å². The van der Waals surface area contributed by atoms with Crippen LogP contribution < -0.4 is 4.90 Å². The van der Waals surface area contributed by atoms with Gasteiger partial charge in [-0.15, -0.1) is 0 Å². The summed E-state index contributed by atoms with van der Waals surface area (Å²) in [5, 5.41) is 0. The lowest BCUT2D eigenvalue weighted by Crippen LogP contribution is -2.38. The SMILES string of the molecule is COC(=O)c1ccc(N2CCC(C3OCCO3)CC2)cc1C=O. The molecule has 0 aromatic heterocycles. The van der Waals surface area contributed by atoms with E-state index in [1.807, 2.05) is 6.07 Å². The Morgan fingerprint density at radius 1 is 1.26 bits per heavy atom. The molecule has 6 heteroatoms. The number of nitrogens with zero attached hydrogens (tertiary/aromatic N) is 1. The predicted molar refractivity (Wildman–Crippen MR) is 83.8 cm³/mol. The van der Waals surface area contributed by atoms with Crippen molar-refractivity contribution in [2.24, 2.45) is 5.92 Å². The minimum atomic E-state index is -0.493. The molecule has 0 aliphatic carbocycles. The minimum Gasteiger partial charge on any atom is -0.465 e. The van der Waals surface area contributed by atoms with Gasteiger partial charge in [0.2, 0.25) is 0 Å². The first kappa shape index (κ1) is 16.0. The third-order valence-electron chi connectivity index (χ3n) is 4.50. The number of benzene rings is 1. The molecule has 0 N–H and O–H groups in total. The van der Waals surface area contributed by atoms with Crippen molar-refractivity contribution in [2.75, 3.05) is 38.3 Å². The highest BCUT2D eigenvalue weighted by atomic mass is 16.7. The molecule has 0 atom stereocenters. The topological polar surface area (TPSA) is 65.1 Å². The molecule has 0 amide bonds.